The van der Waals surface area contributed by atoms with E-state index in [0.29, 0.717) is 17.4 Å². The van der Waals surface area contributed by atoms with Crippen molar-refractivity contribution in [1.29, 1.82) is 0 Å². The third kappa shape index (κ3) is 70.1. The molecule has 0 bridgehead atoms. The van der Waals surface area contributed by atoms with Crippen LogP contribution in [0.2, 0.25) is 0 Å². The fourth-order valence-corrected chi connectivity index (χ4v) is 10.9. The van der Waals surface area contributed by atoms with Crippen molar-refractivity contribution in [2.75, 3.05) is 40.9 Å². The van der Waals surface area contributed by atoms with Crippen molar-refractivity contribution in [2.45, 2.75) is 315 Å². The molecule has 3 atom stereocenters. The van der Waals surface area contributed by atoms with Crippen LogP contribution in [-0.4, -0.2) is 74.3 Å². The number of ether oxygens (including phenoxy) is 1. The van der Waals surface area contributed by atoms with Gasteiger partial charge in [0.2, 0.25) is 5.91 Å². The molecule has 0 fully saturated rings. The minimum absolute atomic E-state index is 0.0293. The van der Waals surface area contributed by atoms with E-state index in [1.807, 2.05) is 33.3 Å². The molecule has 9 nitrogen and oxygen atoms in total. The van der Waals surface area contributed by atoms with Crippen LogP contribution in [0.25, 0.3) is 0 Å². The van der Waals surface area contributed by atoms with Gasteiger partial charge in [0.15, 0.2) is 0 Å². The van der Waals surface area contributed by atoms with Crippen molar-refractivity contribution >= 4 is 19.7 Å². The van der Waals surface area contributed by atoms with E-state index in [0.717, 1.165) is 167 Å². The summed E-state index contributed by atoms with van der Waals surface area (Å²) in [5.74, 6) is -0.529. The highest BCUT2D eigenvalue weighted by atomic mass is 31.2. The summed E-state index contributed by atoms with van der Waals surface area (Å²) in [7, 11) is 1.47. The van der Waals surface area contributed by atoms with Crippen LogP contribution in [0.1, 0.15) is 303 Å². The molecule has 0 aromatic rings. The number of nitrogens with zero attached hydrogens (tertiary/aromatic N) is 1. The lowest BCUT2D eigenvalue weighted by Crippen LogP contribution is -2.47. The Balaban J connectivity index is 5.11. The number of amides is 1. The Bertz CT molecular complexity index is 2070. The molecule has 0 spiro atoms. The Morgan fingerprint density at radius 1 is 0.396 bits per heavy atom. The summed E-state index contributed by atoms with van der Waals surface area (Å²) in [6, 6.07) is -0.870. The molecule has 0 saturated carbocycles. The predicted octanol–water partition coefficient (Wildman–Crippen LogP) is 24.1. The van der Waals surface area contributed by atoms with Gasteiger partial charge in [0.25, 0.3) is 0 Å². The molecule has 0 heterocycles. The number of likely N-dealkylation sites (N-methyl/N-ethyl adjacent to an activating group) is 1. The molecule has 2 N–H and O–H groups in total. The second kappa shape index (κ2) is 68.7. The lowest BCUT2D eigenvalue weighted by Gasteiger charge is -2.27. The summed E-state index contributed by atoms with van der Waals surface area (Å²) >= 11 is 0. The third-order valence-corrected chi connectivity index (χ3v) is 16.8. The number of phosphoric acid groups is 1. The van der Waals surface area contributed by atoms with E-state index in [2.05, 4.69) is 160 Å². The van der Waals surface area contributed by atoms with Crippen LogP contribution in [0.15, 0.2) is 146 Å². The Morgan fingerprint density at radius 3 is 1.05 bits per heavy atom. The van der Waals surface area contributed by atoms with Gasteiger partial charge < -0.3 is 19.4 Å². The van der Waals surface area contributed by atoms with Gasteiger partial charge in [0.05, 0.1) is 33.8 Å². The first kappa shape index (κ1) is 86.9. The van der Waals surface area contributed by atoms with E-state index >= 15 is 0 Å². The van der Waals surface area contributed by atoms with Gasteiger partial charge >= 0.3 is 13.8 Å². The van der Waals surface area contributed by atoms with Crippen LogP contribution in [0.3, 0.4) is 0 Å². The monoisotopic (exact) mass is 1280 g/mol. The fraction of sp³-hybridized carbons (Fsp3) is 0.679. The number of quaternary nitrogens is 1. The number of carbonyl (C=O) groups is 2. The first-order valence-electron chi connectivity index (χ1n) is 37.2. The normalized spacial score (nSPS) is 14.3. The van der Waals surface area contributed by atoms with E-state index < -0.39 is 20.0 Å². The second-order valence-electron chi connectivity index (χ2n) is 25.7. The molecule has 91 heavy (non-hydrogen) atoms. The lowest BCUT2D eigenvalue weighted by atomic mass is 10.0. The van der Waals surface area contributed by atoms with E-state index in [1.54, 1.807) is 0 Å². The zero-order chi connectivity index (χ0) is 66.3. The van der Waals surface area contributed by atoms with Gasteiger partial charge in [-0.2, -0.15) is 0 Å². The van der Waals surface area contributed by atoms with E-state index in [9.17, 15) is 19.0 Å². The summed E-state index contributed by atoms with van der Waals surface area (Å²) in [6.45, 7) is 6.78. The number of rotatable bonds is 66. The Morgan fingerprint density at radius 2 is 0.703 bits per heavy atom. The van der Waals surface area contributed by atoms with E-state index in [4.69, 9.17) is 13.8 Å². The van der Waals surface area contributed by atoms with Gasteiger partial charge in [-0.3, -0.25) is 18.6 Å². The molecule has 0 aromatic heterocycles. The molecule has 0 saturated heterocycles. The van der Waals surface area contributed by atoms with Crippen LogP contribution in [-0.2, 0) is 27.9 Å². The highest BCUT2D eigenvalue weighted by molar-refractivity contribution is 7.47. The first-order chi connectivity index (χ1) is 44.4. The summed E-state index contributed by atoms with van der Waals surface area (Å²) < 4.78 is 30.9. The number of phosphoric ester groups is 1. The van der Waals surface area contributed by atoms with Gasteiger partial charge in [0, 0.05) is 12.8 Å². The van der Waals surface area contributed by atoms with Gasteiger partial charge in [0.1, 0.15) is 19.3 Å². The zero-order valence-electron chi connectivity index (χ0n) is 59.5. The summed E-state index contributed by atoms with van der Waals surface area (Å²) in [5.41, 5.74) is 0. The quantitative estimate of drug-likeness (QED) is 0.0205. The molecular formula is C81H140N2O7P+. The third-order valence-electron chi connectivity index (χ3n) is 15.8. The van der Waals surface area contributed by atoms with Crippen molar-refractivity contribution in [3.05, 3.63) is 146 Å². The fourth-order valence-electron chi connectivity index (χ4n) is 10.1. The van der Waals surface area contributed by atoms with Crippen molar-refractivity contribution in [1.82, 2.24) is 5.32 Å². The number of carbonyl (C=O) groups excluding carboxylic acids is 2. The smallest absolute Gasteiger partial charge is 0.456 e. The largest absolute Gasteiger partial charge is 0.472 e. The minimum atomic E-state index is -4.47. The van der Waals surface area contributed by atoms with Gasteiger partial charge in [-0.05, 0) is 128 Å². The number of nitrogens with one attached hydrogen (secondary N) is 1. The summed E-state index contributed by atoms with van der Waals surface area (Å²) in [5, 5.41) is 3.06. The average molecular weight is 1280 g/mol. The van der Waals surface area contributed by atoms with Gasteiger partial charge in [-0.15, -0.1) is 0 Å². The number of hydrogen-bond acceptors (Lipinski definition) is 6. The van der Waals surface area contributed by atoms with Crippen molar-refractivity contribution in [3.63, 3.8) is 0 Å². The van der Waals surface area contributed by atoms with Crippen LogP contribution in [0, 0.1) is 0 Å². The molecule has 0 aliphatic carbocycles. The number of esters is 1. The van der Waals surface area contributed by atoms with E-state index in [-0.39, 0.29) is 31.5 Å². The second-order valence-corrected chi connectivity index (χ2v) is 27.2. The molecule has 520 valence electrons. The van der Waals surface area contributed by atoms with Crippen molar-refractivity contribution < 1.29 is 37.3 Å². The highest BCUT2D eigenvalue weighted by Crippen LogP contribution is 2.43. The first-order valence-corrected chi connectivity index (χ1v) is 38.7. The lowest BCUT2D eigenvalue weighted by molar-refractivity contribution is -0.870. The van der Waals surface area contributed by atoms with Crippen molar-refractivity contribution in [3.8, 4) is 0 Å². The van der Waals surface area contributed by atoms with Crippen LogP contribution in [0.4, 0.5) is 0 Å². The van der Waals surface area contributed by atoms with Gasteiger partial charge in [-0.1, -0.05) is 308 Å². The van der Waals surface area contributed by atoms with Crippen LogP contribution < -0.4 is 5.32 Å². The maximum Gasteiger partial charge on any atom is 0.472 e. The molecule has 0 radical (unpaired) electrons. The summed E-state index contributed by atoms with van der Waals surface area (Å²) in [6.07, 6.45) is 100. The Labute approximate surface area is 561 Å². The Kier molecular flexibility index (Phi) is 65.6. The molecule has 0 rings (SSSR count). The maximum absolute atomic E-state index is 13.6. The minimum Gasteiger partial charge on any atom is -0.456 e. The summed E-state index contributed by atoms with van der Waals surface area (Å²) in [4.78, 5) is 38.0. The maximum atomic E-state index is 13.6. The predicted molar refractivity (Wildman–Crippen MR) is 396 cm³/mol. The molecule has 0 aliphatic heterocycles. The van der Waals surface area contributed by atoms with Gasteiger partial charge in [-0.25, -0.2) is 4.57 Å². The highest BCUT2D eigenvalue weighted by Gasteiger charge is 2.30. The van der Waals surface area contributed by atoms with Crippen molar-refractivity contribution in [2.24, 2.45) is 0 Å². The molecule has 1 amide bonds. The molecule has 10 heteroatoms. The SMILES string of the molecule is CC/C=C\C/C=C\C/C=C\C/C=C\C/C=C\C/C=C\CCCCCCCCC(=O)NC(COP(=O)(O)OCC[N+](C)(C)C)C(/C=C/CCCCCCCCCCCCC)OC(=O)CCCCCCCCCCCCC/C=C\C/C=C\C/C=C\C/C=C\C/C=C\CC. The molecule has 3 unspecified atom stereocenters. The van der Waals surface area contributed by atoms with Crippen LogP contribution in [0.5, 0.6) is 0 Å². The van der Waals surface area contributed by atoms with E-state index in [1.165, 1.54) is 103 Å². The zero-order valence-corrected chi connectivity index (χ0v) is 60.4. The Hall–Kier alpha value is -4.11. The number of allylic oxidation sites excluding steroid dienone is 23. The molecule has 0 aliphatic rings. The molecular weight excluding hydrogens is 1140 g/mol. The topological polar surface area (TPSA) is 111 Å². The number of unbranched alkanes of at least 4 members (excludes halogenated alkanes) is 28. The molecule has 0 aromatic carbocycles. The standard InChI is InChI=1S/C81H139N2O7P/c1-7-10-13-16-19-22-25-28-30-32-34-36-38-40-41-43-45-47-49-51-53-56-59-62-65-68-71-74-81(85)90-79(72-69-66-63-60-57-54-27-24-21-18-15-12-9-3)78(77-89-91(86,87)88-76-75-83(4,5)6)82-80(84)73-70-67-64-61-58-55-52-50-48-46-44-42-39-37-35-33-31-29-26-23-20-17-14-11-8-2/h10-11,13-14,19-20,22-23,28-31,34-37,40-42,44,48,50,69,72,78-79H,7-9,12,15-18,21,24-27,32-33,38-39,43,45-47,49,51-68,70-71,73-77H2,1-6H3,(H-,82,84,86,87)/p+1/b13-10-,14-11-,22-19-,23-20-,30-28-,31-29-,36-34-,37-35-,41-40-,44-42-,50-48-,72-69+. The van der Waals surface area contributed by atoms with Crippen LogP contribution >= 0.6 is 7.82 Å². The number of hydrogen-bond donors (Lipinski definition) is 2. The average Bonchev–Trinajstić information content (AvgIpc) is 3.73.